The second-order valence-electron chi connectivity index (χ2n) is 4.19. The average molecular weight is 190 g/mol. The van der Waals surface area contributed by atoms with Crippen LogP contribution in [0, 0.1) is 0 Å². The van der Waals surface area contributed by atoms with Gasteiger partial charge in [-0.25, -0.2) is 0 Å². The van der Waals surface area contributed by atoms with Gasteiger partial charge in [-0.15, -0.1) is 0 Å². The molecule has 2 atom stereocenters. The minimum atomic E-state index is 0.379. The number of rotatable bonds is 0. The topological polar surface area (TPSA) is 35.5 Å². The second-order valence-corrected chi connectivity index (χ2v) is 4.19. The molecule has 3 heteroatoms. The van der Waals surface area contributed by atoms with Crippen LogP contribution in [0.3, 0.4) is 0 Å². The standard InChI is InChI=1S/C11H14N2O/c1-13-10-3-2-7(14)4-8(10)9-5-12-6-11(9)13/h2-4,9,11-12,14H,5-6H2,1H3. The number of likely N-dealkylation sites (N-methyl/N-ethyl adjacent to an activating group) is 1. The average Bonchev–Trinajstić information content (AvgIpc) is 2.71. The Morgan fingerprint density at radius 3 is 3.14 bits per heavy atom. The van der Waals surface area contributed by atoms with Crippen molar-refractivity contribution in [1.29, 1.82) is 0 Å². The maximum absolute atomic E-state index is 9.46. The molecule has 2 heterocycles. The molecular formula is C11H14N2O. The largest absolute Gasteiger partial charge is 0.508 e. The number of nitrogens with zero attached hydrogens (tertiary/aromatic N) is 1. The zero-order valence-corrected chi connectivity index (χ0v) is 8.20. The third-order valence-electron chi connectivity index (χ3n) is 3.47. The van der Waals surface area contributed by atoms with Gasteiger partial charge < -0.3 is 15.3 Å². The molecule has 3 rings (SSSR count). The number of phenols is 1. The van der Waals surface area contributed by atoms with Crippen LogP contribution in [-0.4, -0.2) is 31.3 Å². The highest BCUT2D eigenvalue weighted by atomic mass is 16.3. The van der Waals surface area contributed by atoms with E-state index in [0.29, 0.717) is 17.7 Å². The zero-order valence-electron chi connectivity index (χ0n) is 8.20. The van der Waals surface area contributed by atoms with Crippen molar-refractivity contribution in [3.8, 4) is 5.75 Å². The Kier molecular flexibility index (Phi) is 1.53. The Morgan fingerprint density at radius 2 is 2.29 bits per heavy atom. The van der Waals surface area contributed by atoms with Gasteiger partial charge in [-0.3, -0.25) is 0 Å². The van der Waals surface area contributed by atoms with Crippen molar-refractivity contribution in [2.24, 2.45) is 0 Å². The van der Waals surface area contributed by atoms with E-state index in [-0.39, 0.29) is 0 Å². The van der Waals surface area contributed by atoms with Crippen LogP contribution in [0.1, 0.15) is 11.5 Å². The quantitative estimate of drug-likeness (QED) is 0.638. The summed E-state index contributed by atoms with van der Waals surface area (Å²) in [6.07, 6.45) is 0. The fraction of sp³-hybridized carbons (Fsp3) is 0.455. The van der Waals surface area contributed by atoms with Crippen LogP contribution in [0.4, 0.5) is 5.69 Å². The predicted molar refractivity (Wildman–Crippen MR) is 55.9 cm³/mol. The van der Waals surface area contributed by atoms with Crippen LogP contribution in [0.5, 0.6) is 5.75 Å². The zero-order chi connectivity index (χ0) is 9.71. The highest BCUT2D eigenvalue weighted by molar-refractivity contribution is 5.64. The molecule has 0 radical (unpaired) electrons. The van der Waals surface area contributed by atoms with Gasteiger partial charge in [0.05, 0.1) is 0 Å². The van der Waals surface area contributed by atoms with Crippen molar-refractivity contribution in [3.63, 3.8) is 0 Å². The van der Waals surface area contributed by atoms with E-state index in [9.17, 15) is 5.11 Å². The lowest BCUT2D eigenvalue weighted by Gasteiger charge is -2.20. The molecule has 0 aliphatic carbocycles. The monoisotopic (exact) mass is 190 g/mol. The molecule has 0 saturated carbocycles. The van der Waals surface area contributed by atoms with Crippen LogP contribution >= 0.6 is 0 Å². The first-order valence-electron chi connectivity index (χ1n) is 5.04. The SMILES string of the molecule is CN1c2ccc(O)cc2C2CNCC21. The van der Waals surface area contributed by atoms with Crippen molar-refractivity contribution in [2.45, 2.75) is 12.0 Å². The van der Waals surface area contributed by atoms with Gasteiger partial charge in [-0.05, 0) is 23.8 Å². The highest BCUT2D eigenvalue weighted by Crippen LogP contribution is 2.42. The number of aromatic hydroxyl groups is 1. The molecule has 0 bridgehead atoms. The summed E-state index contributed by atoms with van der Waals surface area (Å²) in [5.74, 6) is 0.937. The number of hydrogen-bond acceptors (Lipinski definition) is 3. The summed E-state index contributed by atoms with van der Waals surface area (Å²) in [6.45, 7) is 2.09. The van der Waals surface area contributed by atoms with E-state index < -0.39 is 0 Å². The van der Waals surface area contributed by atoms with E-state index in [2.05, 4.69) is 17.3 Å². The first kappa shape index (κ1) is 8.12. The molecule has 14 heavy (non-hydrogen) atoms. The number of nitrogens with one attached hydrogen (secondary N) is 1. The van der Waals surface area contributed by atoms with Crippen LogP contribution in [0.15, 0.2) is 18.2 Å². The highest BCUT2D eigenvalue weighted by Gasteiger charge is 2.39. The molecule has 1 saturated heterocycles. The summed E-state index contributed by atoms with van der Waals surface area (Å²) in [7, 11) is 2.13. The number of benzene rings is 1. The number of fused-ring (bicyclic) bond motifs is 3. The Bertz CT molecular complexity index is 378. The van der Waals surface area contributed by atoms with Gasteiger partial charge in [0.2, 0.25) is 0 Å². The van der Waals surface area contributed by atoms with Gasteiger partial charge in [0, 0.05) is 37.8 Å². The number of hydrogen-bond donors (Lipinski definition) is 2. The molecule has 0 spiro atoms. The first-order valence-corrected chi connectivity index (χ1v) is 5.04. The Labute approximate surface area is 83.3 Å². The van der Waals surface area contributed by atoms with Crippen LogP contribution < -0.4 is 10.2 Å². The van der Waals surface area contributed by atoms with E-state index >= 15 is 0 Å². The molecule has 3 nitrogen and oxygen atoms in total. The van der Waals surface area contributed by atoms with E-state index in [1.165, 1.54) is 11.3 Å². The molecule has 1 aromatic rings. The van der Waals surface area contributed by atoms with Crippen molar-refractivity contribution in [3.05, 3.63) is 23.8 Å². The van der Waals surface area contributed by atoms with Gasteiger partial charge in [0.25, 0.3) is 0 Å². The van der Waals surface area contributed by atoms with Gasteiger partial charge in [-0.2, -0.15) is 0 Å². The van der Waals surface area contributed by atoms with Crippen LogP contribution in [0.2, 0.25) is 0 Å². The maximum Gasteiger partial charge on any atom is 0.116 e. The molecule has 2 N–H and O–H groups in total. The lowest BCUT2D eigenvalue weighted by molar-refractivity contribution is 0.474. The van der Waals surface area contributed by atoms with Crippen molar-refractivity contribution in [2.75, 3.05) is 25.0 Å². The molecule has 2 aliphatic heterocycles. The molecule has 2 aliphatic rings. The summed E-state index contributed by atoms with van der Waals surface area (Å²) >= 11 is 0. The molecule has 0 amide bonds. The minimum Gasteiger partial charge on any atom is -0.508 e. The Hall–Kier alpha value is -1.22. The molecule has 74 valence electrons. The lowest BCUT2D eigenvalue weighted by Crippen LogP contribution is -2.31. The molecular weight excluding hydrogens is 176 g/mol. The minimum absolute atomic E-state index is 0.379. The van der Waals surface area contributed by atoms with Gasteiger partial charge >= 0.3 is 0 Å². The normalized spacial score (nSPS) is 29.1. The van der Waals surface area contributed by atoms with Crippen molar-refractivity contribution >= 4 is 5.69 Å². The van der Waals surface area contributed by atoms with E-state index in [4.69, 9.17) is 0 Å². The predicted octanol–water partition coefficient (Wildman–Crippen LogP) is 0.897. The second kappa shape index (κ2) is 2.64. The van der Waals surface area contributed by atoms with Gasteiger partial charge in [0.15, 0.2) is 0 Å². The van der Waals surface area contributed by atoms with E-state index in [1.807, 2.05) is 12.1 Å². The summed E-state index contributed by atoms with van der Waals surface area (Å²) in [4.78, 5) is 2.32. The van der Waals surface area contributed by atoms with E-state index in [0.717, 1.165) is 13.1 Å². The van der Waals surface area contributed by atoms with Crippen LogP contribution in [-0.2, 0) is 0 Å². The summed E-state index contributed by atoms with van der Waals surface area (Å²) in [5.41, 5.74) is 2.57. The van der Waals surface area contributed by atoms with Gasteiger partial charge in [0.1, 0.15) is 5.75 Å². The van der Waals surface area contributed by atoms with E-state index in [1.54, 1.807) is 6.07 Å². The third kappa shape index (κ3) is 0.904. The first-order chi connectivity index (χ1) is 6.77. The fourth-order valence-electron chi connectivity index (χ4n) is 2.73. The number of anilines is 1. The molecule has 1 aromatic carbocycles. The molecule has 1 fully saturated rings. The fourth-order valence-corrected chi connectivity index (χ4v) is 2.73. The van der Waals surface area contributed by atoms with Crippen molar-refractivity contribution < 1.29 is 5.11 Å². The number of phenolic OH excluding ortho intramolecular Hbond substituents is 1. The smallest absolute Gasteiger partial charge is 0.116 e. The molecule has 0 aromatic heterocycles. The summed E-state index contributed by atoms with van der Waals surface area (Å²) < 4.78 is 0. The Balaban J connectivity index is 2.13. The Morgan fingerprint density at radius 1 is 1.43 bits per heavy atom. The molecule has 2 unspecified atom stereocenters. The summed E-state index contributed by atoms with van der Waals surface area (Å²) in [6, 6.07) is 6.27. The third-order valence-corrected chi connectivity index (χ3v) is 3.47. The maximum atomic E-state index is 9.46. The van der Waals surface area contributed by atoms with Crippen LogP contribution in [0.25, 0.3) is 0 Å². The lowest BCUT2D eigenvalue weighted by atomic mass is 9.98. The summed E-state index contributed by atoms with van der Waals surface area (Å²) in [5, 5.41) is 12.9. The van der Waals surface area contributed by atoms with Crippen molar-refractivity contribution in [1.82, 2.24) is 5.32 Å². The van der Waals surface area contributed by atoms with Gasteiger partial charge in [-0.1, -0.05) is 0 Å².